The third kappa shape index (κ3) is 4.55. The zero-order chi connectivity index (χ0) is 23.7. The van der Waals surface area contributed by atoms with Crippen molar-refractivity contribution in [3.63, 3.8) is 0 Å². The number of ether oxygens (including phenoxy) is 2. The van der Waals surface area contributed by atoms with Crippen molar-refractivity contribution in [1.82, 2.24) is 4.90 Å². The van der Waals surface area contributed by atoms with Crippen LogP contribution in [0, 0.1) is 17.6 Å². The highest BCUT2D eigenvalue weighted by Crippen LogP contribution is 2.46. The molecule has 2 heterocycles. The van der Waals surface area contributed by atoms with Crippen LogP contribution in [0.15, 0.2) is 66.7 Å². The van der Waals surface area contributed by atoms with Gasteiger partial charge in [0.25, 0.3) is 0 Å². The van der Waals surface area contributed by atoms with E-state index in [1.54, 1.807) is 18.2 Å². The van der Waals surface area contributed by atoms with Gasteiger partial charge < -0.3 is 9.47 Å². The van der Waals surface area contributed by atoms with E-state index in [4.69, 9.17) is 9.47 Å². The van der Waals surface area contributed by atoms with Crippen molar-refractivity contribution in [2.75, 3.05) is 32.9 Å². The Morgan fingerprint density at radius 3 is 2.35 bits per heavy atom. The van der Waals surface area contributed by atoms with E-state index in [0.717, 1.165) is 47.7 Å². The molecule has 0 amide bonds. The number of halogens is 3. The van der Waals surface area contributed by atoms with Gasteiger partial charge in [0.1, 0.15) is 35.8 Å². The summed E-state index contributed by atoms with van der Waals surface area (Å²) < 4.78 is 52.3. The number of allylic oxidation sites excluding steroid dienone is 1. The summed E-state index contributed by atoms with van der Waals surface area (Å²) in [6.07, 6.45) is -0.434. The molecule has 1 atom stereocenters. The smallest absolute Gasteiger partial charge is 0.150 e. The van der Waals surface area contributed by atoms with Crippen molar-refractivity contribution in [3.8, 4) is 11.5 Å². The lowest BCUT2D eigenvalue weighted by Crippen LogP contribution is -2.49. The summed E-state index contributed by atoms with van der Waals surface area (Å²) >= 11 is 0. The number of benzene rings is 3. The van der Waals surface area contributed by atoms with Crippen LogP contribution < -0.4 is 9.47 Å². The quantitative estimate of drug-likeness (QED) is 0.408. The SMILES string of the molecule is CC1=C(c2ccc(F)cc2)[C@@H](c2ccc(OCCN3CC(CF)C3)cc2)Oc2ccc(F)cc21. The first-order valence-corrected chi connectivity index (χ1v) is 11.5. The van der Waals surface area contributed by atoms with Gasteiger partial charge in [0.15, 0.2) is 0 Å². The van der Waals surface area contributed by atoms with E-state index < -0.39 is 6.10 Å². The van der Waals surface area contributed by atoms with Gasteiger partial charge >= 0.3 is 0 Å². The van der Waals surface area contributed by atoms with E-state index in [9.17, 15) is 13.2 Å². The Balaban J connectivity index is 1.37. The molecule has 0 aromatic heterocycles. The van der Waals surface area contributed by atoms with Crippen LogP contribution in [0.2, 0.25) is 0 Å². The number of alkyl halides is 1. The average Bonchev–Trinajstić information content (AvgIpc) is 2.82. The highest BCUT2D eigenvalue weighted by Gasteiger charge is 2.30. The average molecular weight is 466 g/mol. The molecular formula is C28H26F3NO2. The van der Waals surface area contributed by atoms with Crippen LogP contribution in [-0.4, -0.2) is 37.8 Å². The number of fused-ring (bicyclic) bond motifs is 1. The highest BCUT2D eigenvalue weighted by molar-refractivity contribution is 5.95. The number of nitrogens with zero attached hydrogens (tertiary/aromatic N) is 1. The molecule has 0 saturated carbocycles. The molecule has 0 aliphatic carbocycles. The second kappa shape index (κ2) is 9.55. The van der Waals surface area contributed by atoms with Gasteiger partial charge in [-0.1, -0.05) is 24.3 Å². The molecule has 34 heavy (non-hydrogen) atoms. The molecular weight excluding hydrogens is 439 g/mol. The Labute approximate surface area is 197 Å². The molecule has 3 nitrogen and oxygen atoms in total. The molecule has 3 aromatic carbocycles. The Bertz CT molecular complexity index is 1190. The second-order valence-electron chi connectivity index (χ2n) is 8.88. The molecule has 6 heteroatoms. The number of likely N-dealkylation sites (tertiary alicyclic amines) is 1. The van der Waals surface area contributed by atoms with Crippen LogP contribution in [-0.2, 0) is 0 Å². The summed E-state index contributed by atoms with van der Waals surface area (Å²) in [5.41, 5.74) is 4.18. The second-order valence-corrected chi connectivity index (χ2v) is 8.88. The minimum atomic E-state index is -0.434. The fourth-order valence-electron chi connectivity index (χ4n) is 4.65. The fourth-order valence-corrected chi connectivity index (χ4v) is 4.65. The van der Waals surface area contributed by atoms with Gasteiger partial charge in [-0.2, -0.15) is 0 Å². The maximum absolute atomic E-state index is 14.0. The largest absolute Gasteiger partial charge is 0.492 e. The summed E-state index contributed by atoms with van der Waals surface area (Å²) in [6.45, 7) is 4.58. The summed E-state index contributed by atoms with van der Waals surface area (Å²) in [7, 11) is 0. The van der Waals surface area contributed by atoms with Crippen LogP contribution in [0.5, 0.6) is 11.5 Å². The zero-order valence-corrected chi connectivity index (χ0v) is 18.9. The Hall–Kier alpha value is -3.25. The normalized spacial score (nSPS) is 18.3. The number of hydrogen-bond donors (Lipinski definition) is 0. The Kier molecular flexibility index (Phi) is 6.33. The minimum Gasteiger partial charge on any atom is -0.492 e. The first kappa shape index (κ1) is 22.5. The van der Waals surface area contributed by atoms with Crippen molar-refractivity contribution in [2.45, 2.75) is 13.0 Å². The molecule has 3 aromatic rings. The topological polar surface area (TPSA) is 21.7 Å². The fraction of sp³-hybridized carbons (Fsp3) is 0.286. The first-order chi connectivity index (χ1) is 16.5. The van der Waals surface area contributed by atoms with Gasteiger partial charge in [0, 0.05) is 36.7 Å². The van der Waals surface area contributed by atoms with Crippen LogP contribution in [0.3, 0.4) is 0 Å². The molecule has 5 rings (SSSR count). The van der Waals surface area contributed by atoms with Gasteiger partial charge in [-0.3, -0.25) is 9.29 Å². The lowest BCUT2D eigenvalue weighted by atomic mass is 9.86. The molecule has 1 fully saturated rings. The van der Waals surface area contributed by atoms with E-state index >= 15 is 0 Å². The van der Waals surface area contributed by atoms with Crippen LogP contribution in [0.4, 0.5) is 13.2 Å². The van der Waals surface area contributed by atoms with Crippen molar-refractivity contribution in [3.05, 3.63) is 95.1 Å². The minimum absolute atomic E-state index is 0.170. The Morgan fingerprint density at radius 1 is 0.941 bits per heavy atom. The molecule has 0 N–H and O–H groups in total. The van der Waals surface area contributed by atoms with Gasteiger partial charge in [0.05, 0.1) is 6.67 Å². The first-order valence-electron chi connectivity index (χ1n) is 11.5. The molecule has 0 unspecified atom stereocenters. The standard InChI is InChI=1S/C28H26F3NO2/c1-18-25-14-23(31)8-11-26(25)34-28(27(18)20-2-6-22(30)7-3-20)21-4-9-24(10-5-21)33-13-12-32-16-19(15-29)17-32/h2-11,14,19,28H,12-13,15-17H2,1H3/t28-/m1/s1. The zero-order valence-electron chi connectivity index (χ0n) is 18.9. The van der Waals surface area contributed by atoms with Crippen molar-refractivity contribution >= 4 is 11.1 Å². The predicted octanol–water partition coefficient (Wildman–Crippen LogP) is 6.31. The van der Waals surface area contributed by atoms with Gasteiger partial charge in [-0.05, 0) is 66.1 Å². The van der Waals surface area contributed by atoms with Crippen LogP contribution >= 0.6 is 0 Å². The maximum Gasteiger partial charge on any atom is 0.150 e. The molecule has 0 bridgehead atoms. The van der Waals surface area contributed by atoms with Gasteiger partial charge in [0.2, 0.25) is 0 Å². The summed E-state index contributed by atoms with van der Waals surface area (Å²) in [4.78, 5) is 2.18. The Morgan fingerprint density at radius 2 is 1.65 bits per heavy atom. The lowest BCUT2D eigenvalue weighted by molar-refractivity contribution is 0.0668. The van der Waals surface area contributed by atoms with E-state index in [1.165, 1.54) is 24.3 Å². The summed E-state index contributed by atoms with van der Waals surface area (Å²) in [6, 6.07) is 18.5. The lowest BCUT2D eigenvalue weighted by Gasteiger charge is -2.37. The summed E-state index contributed by atoms with van der Waals surface area (Å²) in [5.74, 6) is 0.869. The van der Waals surface area contributed by atoms with Crippen LogP contribution in [0.25, 0.3) is 11.1 Å². The van der Waals surface area contributed by atoms with Crippen molar-refractivity contribution in [2.24, 2.45) is 5.92 Å². The van der Waals surface area contributed by atoms with E-state index in [1.807, 2.05) is 31.2 Å². The predicted molar refractivity (Wildman–Crippen MR) is 126 cm³/mol. The van der Waals surface area contributed by atoms with E-state index in [0.29, 0.717) is 17.9 Å². The molecule has 2 aliphatic heterocycles. The van der Waals surface area contributed by atoms with E-state index in [-0.39, 0.29) is 24.2 Å². The maximum atomic E-state index is 14.0. The number of rotatable bonds is 7. The van der Waals surface area contributed by atoms with E-state index in [2.05, 4.69) is 4.90 Å². The molecule has 0 spiro atoms. The molecule has 0 radical (unpaired) electrons. The van der Waals surface area contributed by atoms with Gasteiger partial charge in [-0.25, -0.2) is 8.78 Å². The third-order valence-electron chi connectivity index (χ3n) is 6.52. The third-order valence-corrected chi connectivity index (χ3v) is 6.52. The van der Waals surface area contributed by atoms with Crippen LogP contribution in [0.1, 0.15) is 29.7 Å². The molecule has 1 saturated heterocycles. The highest BCUT2D eigenvalue weighted by atomic mass is 19.1. The van der Waals surface area contributed by atoms with Crippen molar-refractivity contribution < 1.29 is 22.6 Å². The monoisotopic (exact) mass is 465 g/mol. The molecule has 2 aliphatic rings. The van der Waals surface area contributed by atoms with Gasteiger partial charge in [-0.15, -0.1) is 0 Å². The molecule has 176 valence electrons. The number of hydrogen-bond acceptors (Lipinski definition) is 3. The summed E-state index contributed by atoms with van der Waals surface area (Å²) in [5, 5.41) is 0. The van der Waals surface area contributed by atoms with Crippen molar-refractivity contribution in [1.29, 1.82) is 0 Å².